The zero-order valence-corrected chi connectivity index (χ0v) is 9.22. The topological polar surface area (TPSA) is 33.1 Å². The first-order chi connectivity index (χ1) is 8.50. The Morgan fingerprint density at radius 1 is 1.06 bits per heavy atom. The van der Waals surface area contributed by atoms with Crippen LogP contribution in [-0.4, -0.2) is 10.1 Å². The molecule has 1 aromatic heterocycles. The number of aromatic nitrogens is 1. The molecule has 5 heteroatoms. The van der Waals surface area contributed by atoms with E-state index in [9.17, 15) is 18.3 Å². The molecule has 18 heavy (non-hydrogen) atoms. The van der Waals surface area contributed by atoms with E-state index >= 15 is 0 Å². The zero-order valence-electron chi connectivity index (χ0n) is 9.22. The van der Waals surface area contributed by atoms with Crippen LogP contribution in [0.25, 0.3) is 0 Å². The molecule has 0 aliphatic heterocycles. The lowest BCUT2D eigenvalue weighted by molar-refractivity contribution is -0.139. The van der Waals surface area contributed by atoms with Crippen molar-refractivity contribution in [3.63, 3.8) is 0 Å². The minimum Gasteiger partial charge on any atom is -0.384 e. The van der Waals surface area contributed by atoms with Crippen molar-refractivity contribution in [1.82, 2.24) is 4.98 Å². The van der Waals surface area contributed by atoms with Gasteiger partial charge in [0.15, 0.2) is 0 Å². The van der Waals surface area contributed by atoms with Crippen molar-refractivity contribution >= 4 is 0 Å². The van der Waals surface area contributed by atoms with Gasteiger partial charge in [-0.1, -0.05) is 24.3 Å². The molecule has 0 saturated carbocycles. The summed E-state index contributed by atoms with van der Waals surface area (Å²) in [4.78, 5) is 3.78. The van der Waals surface area contributed by atoms with Crippen LogP contribution in [0.5, 0.6) is 0 Å². The number of pyridine rings is 1. The highest BCUT2D eigenvalue weighted by Gasteiger charge is 2.34. The summed E-state index contributed by atoms with van der Waals surface area (Å²) in [7, 11) is 0. The average Bonchev–Trinajstić information content (AvgIpc) is 2.38. The Bertz CT molecular complexity index is 525. The minimum atomic E-state index is -4.49. The van der Waals surface area contributed by atoms with Crippen molar-refractivity contribution in [1.29, 1.82) is 0 Å². The molecule has 0 saturated heterocycles. The first kappa shape index (κ1) is 12.6. The predicted molar refractivity (Wildman–Crippen MR) is 59.7 cm³/mol. The van der Waals surface area contributed by atoms with Gasteiger partial charge in [0.05, 0.1) is 5.56 Å². The van der Waals surface area contributed by atoms with Crippen LogP contribution in [0, 0.1) is 0 Å². The van der Waals surface area contributed by atoms with Crippen molar-refractivity contribution in [2.75, 3.05) is 0 Å². The van der Waals surface area contributed by atoms with Gasteiger partial charge in [0, 0.05) is 18.0 Å². The summed E-state index contributed by atoms with van der Waals surface area (Å²) in [6.45, 7) is 0. The molecule has 0 amide bonds. The quantitative estimate of drug-likeness (QED) is 0.891. The molecule has 1 atom stereocenters. The summed E-state index contributed by atoms with van der Waals surface area (Å²) in [6.07, 6.45) is -2.99. The molecule has 0 aliphatic rings. The molecule has 94 valence electrons. The van der Waals surface area contributed by atoms with E-state index in [1.807, 2.05) is 0 Å². The first-order valence-corrected chi connectivity index (χ1v) is 5.24. The highest BCUT2D eigenvalue weighted by molar-refractivity contribution is 5.36. The van der Waals surface area contributed by atoms with Gasteiger partial charge in [-0.15, -0.1) is 0 Å². The van der Waals surface area contributed by atoms with E-state index in [-0.39, 0.29) is 5.56 Å². The van der Waals surface area contributed by atoms with Gasteiger partial charge < -0.3 is 5.11 Å². The molecule has 2 aromatic rings. The van der Waals surface area contributed by atoms with Crippen LogP contribution in [-0.2, 0) is 6.18 Å². The monoisotopic (exact) mass is 253 g/mol. The third-order valence-corrected chi connectivity index (χ3v) is 2.56. The number of aliphatic hydroxyl groups is 1. The maximum Gasteiger partial charge on any atom is 0.416 e. The standard InChI is InChI=1S/C13H10F3NO/c14-13(15,16)11-6-2-1-5-10(11)12(18)9-4-3-7-17-8-9/h1-8,12,18H. The Hall–Kier alpha value is -1.88. The number of rotatable bonds is 2. The molecule has 0 bridgehead atoms. The van der Waals surface area contributed by atoms with Crippen molar-refractivity contribution in [3.8, 4) is 0 Å². The van der Waals surface area contributed by atoms with E-state index in [1.54, 1.807) is 6.07 Å². The molecule has 0 fully saturated rings. The van der Waals surface area contributed by atoms with Gasteiger partial charge in [0.1, 0.15) is 6.10 Å². The van der Waals surface area contributed by atoms with Gasteiger partial charge in [0.25, 0.3) is 0 Å². The molecule has 1 aromatic carbocycles. The summed E-state index contributed by atoms with van der Waals surface area (Å²) in [5.74, 6) is 0. The van der Waals surface area contributed by atoms with Crippen LogP contribution in [0.1, 0.15) is 22.8 Å². The summed E-state index contributed by atoms with van der Waals surface area (Å²) < 4.78 is 38.4. The number of hydrogen-bond acceptors (Lipinski definition) is 2. The molecular weight excluding hydrogens is 243 g/mol. The fourth-order valence-electron chi connectivity index (χ4n) is 1.71. The normalized spacial score (nSPS) is 13.3. The van der Waals surface area contributed by atoms with Crippen LogP contribution >= 0.6 is 0 Å². The first-order valence-electron chi connectivity index (χ1n) is 5.24. The van der Waals surface area contributed by atoms with Crippen LogP contribution in [0.2, 0.25) is 0 Å². The number of alkyl halides is 3. The second-order valence-corrected chi connectivity index (χ2v) is 3.77. The van der Waals surface area contributed by atoms with E-state index in [2.05, 4.69) is 4.98 Å². The van der Waals surface area contributed by atoms with Gasteiger partial charge >= 0.3 is 6.18 Å². The highest BCUT2D eigenvalue weighted by atomic mass is 19.4. The van der Waals surface area contributed by atoms with E-state index in [1.165, 1.54) is 36.7 Å². The number of halogens is 3. The lowest BCUT2D eigenvalue weighted by atomic mass is 9.97. The average molecular weight is 253 g/mol. The molecule has 1 unspecified atom stereocenters. The molecular formula is C13H10F3NO. The number of nitrogens with zero attached hydrogens (tertiary/aromatic N) is 1. The molecule has 2 nitrogen and oxygen atoms in total. The Morgan fingerprint density at radius 2 is 1.78 bits per heavy atom. The third kappa shape index (κ3) is 2.51. The Kier molecular flexibility index (Phi) is 3.34. The van der Waals surface area contributed by atoms with Crippen LogP contribution in [0.3, 0.4) is 0 Å². The number of aliphatic hydroxyl groups excluding tert-OH is 1. The molecule has 0 aliphatic carbocycles. The van der Waals surface area contributed by atoms with Crippen molar-refractivity contribution in [2.24, 2.45) is 0 Å². The Morgan fingerprint density at radius 3 is 2.39 bits per heavy atom. The van der Waals surface area contributed by atoms with E-state index in [0.29, 0.717) is 5.56 Å². The molecule has 1 heterocycles. The maximum atomic E-state index is 12.8. The second-order valence-electron chi connectivity index (χ2n) is 3.77. The SMILES string of the molecule is OC(c1cccnc1)c1ccccc1C(F)(F)F. The fourth-order valence-corrected chi connectivity index (χ4v) is 1.71. The number of benzene rings is 1. The fraction of sp³-hybridized carbons (Fsp3) is 0.154. The molecule has 2 rings (SSSR count). The summed E-state index contributed by atoms with van der Waals surface area (Å²) in [6, 6.07) is 8.07. The van der Waals surface area contributed by atoms with Crippen LogP contribution < -0.4 is 0 Å². The summed E-state index contributed by atoms with van der Waals surface area (Å²) >= 11 is 0. The molecule has 1 N–H and O–H groups in total. The Balaban J connectivity index is 2.46. The van der Waals surface area contributed by atoms with Crippen LogP contribution in [0.15, 0.2) is 48.8 Å². The smallest absolute Gasteiger partial charge is 0.384 e. The number of hydrogen-bond donors (Lipinski definition) is 1. The zero-order chi connectivity index (χ0) is 13.2. The largest absolute Gasteiger partial charge is 0.416 e. The van der Waals surface area contributed by atoms with Gasteiger partial charge in [-0.05, 0) is 17.7 Å². The van der Waals surface area contributed by atoms with E-state index in [0.717, 1.165) is 6.07 Å². The summed E-state index contributed by atoms with van der Waals surface area (Å²) in [5, 5.41) is 10.00. The van der Waals surface area contributed by atoms with Gasteiger partial charge in [0.2, 0.25) is 0 Å². The van der Waals surface area contributed by atoms with Gasteiger partial charge in [-0.2, -0.15) is 13.2 Å². The minimum absolute atomic E-state index is 0.169. The van der Waals surface area contributed by atoms with Gasteiger partial charge in [-0.25, -0.2) is 0 Å². The molecule has 0 radical (unpaired) electrons. The van der Waals surface area contributed by atoms with Gasteiger partial charge in [-0.3, -0.25) is 4.98 Å². The lowest BCUT2D eigenvalue weighted by Crippen LogP contribution is -2.12. The third-order valence-electron chi connectivity index (χ3n) is 2.56. The van der Waals surface area contributed by atoms with E-state index in [4.69, 9.17) is 0 Å². The lowest BCUT2D eigenvalue weighted by Gasteiger charge is -2.17. The highest BCUT2D eigenvalue weighted by Crippen LogP contribution is 2.36. The Labute approximate surface area is 102 Å². The van der Waals surface area contributed by atoms with Crippen molar-refractivity contribution in [3.05, 3.63) is 65.5 Å². The molecule has 0 spiro atoms. The maximum absolute atomic E-state index is 12.8. The van der Waals surface area contributed by atoms with Crippen molar-refractivity contribution in [2.45, 2.75) is 12.3 Å². The van der Waals surface area contributed by atoms with Crippen molar-refractivity contribution < 1.29 is 18.3 Å². The second kappa shape index (κ2) is 4.78. The predicted octanol–water partition coefficient (Wildman–Crippen LogP) is 3.18. The summed E-state index contributed by atoms with van der Waals surface area (Å²) in [5.41, 5.74) is -0.673. The van der Waals surface area contributed by atoms with Crippen LogP contribution in [0.4, 0.5) is 13.2 Å². The van der Waals surface area contributed by atoms with E-state index < -0.39 is 17.8 Å².